The number of rotatable bonds is 3. The molecule has 0 aromatic heterocycles. The smallest absolute Gasteiger partial charge is 0.125 e. The van der Waals surface area contributed by atoms with Crippen LogP contribution < -0.4 is 0 Å². The summed E-state index contributed by atoms with van der Waals surface area (Å²) in [6, 6.07) is 3.49. The van der Waals surface area contributed by atoms with Crippen molar-refractivity contribution < 1.29 is 5.11 Å². The molecular formula is C11H13ClOS. The predicted molar refractivity (Wildman–Crippen MR) is 65.4 cm³/mol. The van der Waals surface area contributed by atoms with Gasteiger partial charge in [-0.15, -0.1) is 0 Å². The molecule has 0 spiro atoms. The highest BCUT2D eigenvalue weighted by atomic mass is 35.5. The Morgan fingerprint density at radius 2 is 2.21 bits per heavy atom. The van der Waals surface area contributed by atoms with Crippen LogP contribution in [0.5, 0.6) is 5.75 Å². The molecule has 1 aromatic rings. The van der Waals surface area contributed by atoms with Gasteiger partial charge in [-0.3, -0.25) is 0 Å². The molecule has 1 nitrogen and oxygen atoms in total. The van der Waals surface area contributed by atoms with Gasteiger partial charge >= 0.3 is 0 Å². The van der Waals surface area contributed by atoms with Crippen LogP contribution in [0.4, 0.5) is 0 Å². The number of aromatic hydroxyl groups is 1. The lowest BCUT2D eigenvalue weighted by Crippen LogP contribution is -1.81. The van der Waals surface area contributed by atoms with E-state index in [9.17, 15) is 5.11 Å². The van der Waals surface area contributed by atoms with Gasteiger partial charge in [0.1, 0.15) is 5.75 Å². The van der Waals surface area contributed by atoms with E-state index in [1.807, 2.05) is 19.1 Å². The molecule has 0 heterocycles. The molecule has 0 aliphatic carbocycles. The number of hydrogen-bond donors (Lipinski definition) is 2. The van der Waals surface area contributed by atoms with Gasteiger partial charge in [0.05, 0.1) is 0 Å². The number of thiol groups is 1. The van der Waals surface area contributed by atoms with Crippen molar-refractivity contribution in [1.82, 2.24) is 0 Å². The van der Waals surface area contributed by atoms with Crippen LogP contribution in [0, 0.1) is 6.92 Å². The molecule has 0 amide bonds. The number of halogens is 1. The summed E-state index contributed by atoms with van der Waals surface area (Å²) in [5, 5.41) is 10.3. The van der Waals surface area contributed by atoms with E-state index in [0.29, 0.717) is 10.8 Å². The van der Waals surface area contributed by atoms with Crippen molar-refractivity contribution in [3.63, 3.8) is 0 Å². The van der Waals surface area contributed by atoms with E-state index in [-0.39, 0.29) is 0 Å². The Bertz CT molecular complexity index is 347. The third kappa shape index (κ3) is 2.96. The average molecular weight is 229 g/mol. The molecule has 0 aliphatic rings. The number of hydrogen-bond acceptors (Lipinski definition) is 2. The maximum absolute atomic E-state index is 9.69. The van der Waals surface area contributed by atoms with Gasteiger partial charge in [-0.25, -0.2) is 0 Å². The number of benzene rings is 1. The standard InChI is InChI=1S/C11H13ClOS/c1-8-6-10(12)7-9(11(8)13)4-2-3-5-14/h2,4,6-7,13-14H,3,5H2,1H3. The Labute approximate surface area is 94.8 Å². The monoisotopic (exact) mass is 228 g/mol. The lowest BCUT2D eigenvalue weighted by molar-refractivity contribution is 0.470. The second-order valence-corrected chi connectivity index (χ2v) is 3.96. The number of allylic oxidation sites excluding steroid dienone is 1. The number of phenolic OH excluding ortho intramolecular Hbond substituents is 1. The van der Waals surface area contributed by atoms with Crippen LogP contribution in [-0.4, -0.2) is 10.9 Å². The fourth-order valence-corrected chi connectivity index (χ4v) is 1.60. The molecule has 14 heavy (non-hydrogen) atoms. The van der Waals surface area contributed by atoms with Gasteiger partial charge in [0.25, 0.3) is 0 Å². The Balaban J connectivity index is 2.96. The summed E-state index contributed by atoms with van der Waals surface area (Å²) in [6.07, 6.45) is 4.72. The summed E-state index contributed by atoms with van der Waals surface area (Å²) in [5.74, 6) is 1.10. The van der Waals surface area contributed by atoms with Crippen molar-refractivity contribution in [1.29, 1.82) is 0 Å². The van der Waals surface area contributed by atoms with Crippen molar-refractivity contribution in [3.8, 4) is 5.75 Å². The zero-order chi connectivity index (χ0) is 10.6. The van der Waals surface area contributed by atoms with Crippen LogP contribution in [0.3, 0.4) is 0 Å². The van der Waals surface area contributed by atoms with Gasteiger partial charge in [0.15, 0.2) is 0 Å². The Morgan fingerprint density at radius 3 is 2.86 bits per heavy atom. The molecule has 0 unspecified atom stereocenters. The highest BCUT2D eigenvalue weighted by molar-refractivity contribution is 7.80. The maximum Gasteiger partial charge on any atom is 0.125 e. The first-order valence-corrected chi connectivity index (χ1v) is 5.42. The van der Waals surface area contributed by atoms with E-state index >= 15 is 0 Å². The largest absolute Gasteiger partial charge is 0.507 e. The number of aryl methyl sites for hydroxylation is 1. The molecule has 0 saturated carbocycles. The van der Waals surface area contributed by atoms with Crippen LogP contribution >= 0.6 is 24.2 Å². The van der Waals surface area contributed by atoms with Crippen LogP contribution in [-0.2, 0) is 0 Å². The van der Waals surface area contributed by atoms with E-state index in [4.69, 9.17) is 11.6 Å². The van der Waals surface area contributed by atoms with Gasteiger partial charge < -0.3 is 5.11 Å². The molecule has 0 atom stereocenters. The first kappa shape index (κ1) is 11.5. The van der Waals surface area contributed by atoms with E-state index in [0.717, 1.165) is 23.3 Å². The van der Waals surface area contributed by atoms with Gasteiger partial charge in [-0.05, 0) is 36.8 Å². The van der Waals surface area contributed by atoms with E-state index in [1.54, 1.807) is 12.1 Å². The normalized spacial score (nSPS) is 11.1. The van der Waals surface area contributed by atoms with Crippen molar-refractivity contribution >= 4 is 30.3 Å². The first-order valence-electron chi connectivity index (χ1n) is 4.41. The predicted octanol–water partition coefficient (Wildman–Crippen LogP) is 3.69. The van der Waals surface area contributed by atoms with Crippen molar-refractivity contribution in [2.75, 3.05) is 5.75 Å². The van der Waals surface area contributed by atoms with Gasteiger partial charge in [0, 0.05) is 10.6 Å². The molecule has 3 heteroatoms. The summed E-state index contributed by atoms with van der Waals surface area (Å²) < 4.78 is 0. The van der Waals surface area contributed by atoms with Crippen LogP contribution in [0.1, 0.15) is 17.5 Å². The molecule has 0 bridgehead atoms. The van der Waals surface area contributed by atoms with Gasteiger partial charge in [-0.1, -0.05) is 23.8 Å². The molecule has 76 valence electrons. The Morgan fingerprint density at radius 1 is 1.50 bits per heavy atom. The Hall–Kier alpha value is -0.600. The minimum Gasteiger partial charge on any atom is -0.507 e. The van der Waals surface area contributed by atoms with E-state index < -0.39 is 0 Å². The molecule has 0 saturated heterocycles. The summed E-state index contributed by atoms with van der Waals surface area (Å²) in [4.78, 5) is 0. The summed E-state index contributed by atoms with van der Waals surface area (Å²) in [5.41, 5.74) is 1.56. The summed E-state index contributed by atoms with van der Waals surface area (Å²) >= 11 is 9.97. The third-order valence-electron chi connectivity index (χ3n) is 1.89. The second kappa shape index (κ2) is 5.32. The zero-order valence-corrected chi connectivity index (χ0v) is 9.65. The molecule has 0 fully saturated rings. The summed E-state index contributed by atoms with van der Waals surface area (Å²) in [7, 11) is 0. The second-order valence-electron chi connectivity index (χ2n) is 3.08. The summed E-state index contributed by atoms with van der Waals surface area (Å²) in [6.45, 7) is 1.83. The van der Waals surface area contributed by atoms with Crippen LogP contribution in [0.25, 0.3) is 6.08 Å². The van der Waals surface area contributed by atoms with Crippen molar-refractivity contribution in [3.05, 3.63) is 34.4 Å². The number of phenols is 1. The highest BCUT2D eigenvalue weighted by Crippen LogP contribution is 2.27. The van der Waals surface area contributed by atoms with Gasteiger partial charge in [0.2, 0.25) is 0 Å². The van der Waals surface area contributed by atoms with Crippen LogP contribution in [0.15, 0.2) is 18.2 Å². The molecular weight excluding hydrogens is 216 g/mol. The molecule has 1 N–H and O–H groups in total. The average Bonchev–Trinajstić information content (AvgIpc) is 2.13. The molecule has 0 aliphatic heterocycles. The topological polar surface area (TPSA) is 20.2 Å². The molecule has 0 radical (unpaired) electrons. The lowest BCUT2D eigenvalue weighted by Gasteiger charge is -2.03. The fourth-order valence-electron chi connectivity index (χ4n) is 1.17. The molecule has 1 rings (SSSR count). The maximum atomic E-state index is 9.69. The molecule has 1 aromatic carbocycles. The quantitative estimate of drug-likeness (QED) is 0.757. The zero-order valence-electron chi connectivity index (χ0n) is 8.00. The van der Waals surface area contributed by atoms with E-state index in [2.05, 4.69) is 12.6 Å². The Kier molecular flexibility index (Phi) is 4.36. The van der Waals surface area contributed by atoms with Gasteiger partial charge in [-0.2, -0.15) is 12.6 Å². The van der Waals surface area contributed by atoms with Crippen LogP contribution in [0.2, 0.25) is 5.02 Å². The minimum absolute atomic E-state index is 0.296. The first-order chi connectivity index (χ1) is 6.65. The minimum atomic E-state index is 0.296. The lowest BCUT2D eigenvalue weighted by atomic mass is 10.1. The van der Waals surface area contributed by atoms with Crippen molar-refractivity contribution in [2.45, 2.75) is 13.3 Å². The fraction of sp³-hybridized carbons (Fsp3) is 0.273. The third-order valence-corrected chi connectivity index (χ3v) is 2.36. The highest BCUT2D eigenvalue weighted by Gasteiger charge is 2.02. The SMILES string of the molecule is Cc1cc(Cl)cc(C=CCCS)c1O. The van der Waals surface area contributed by atoms with Crippen molar-refractivity contribution in [2.24, 2.45) is 0 Å². The van der Waals surface area contributed by atoms with E-state index in [1.165, 1.54) is 0 Å².